The lowest BCUT2D eigenvalue weighted by molar-refractivity contribution is -0.384. The van der Waals surface area contributed by atoms with Crippen molar-refractivity contribution in [3.05, 3.63) is 106 Å². The molecule has 3 aromatic carbocycles. The molecule has 38 heavy (non-hydrogen) atoms. The molecule has 0 aliphatic heterocycles. The Balaban J connectivity index is 1.98. The molecule has 0 aliphatic rings. The highest BCUT2D eigenvalue weighted by atomic mass is 19.4. The highest BCUT2D eigenvalue weighted by Gasteiger charge is 2.31. The van der Waals surface area contributed by atoms with Gasteiger partial charge in [0.25, 0.3) is 5.69 Å². The van der Waals surface area contributed by atoms with E-state index in [4.69, 9.17) is 0 Å². The van der Waals surface area contributed by atoms with Crippen molar-refractivity contribution in [1.29, 1.82) is 0 Å². The number of nitro groups is 1. The summed E-state index contributed by atoms with van der Waals surface area (Å²) in [4.78, 5) is 14.9. The fourth-order valence-electron chi connectivity index (χ4n) is 3.78. The van der Waals surface area contributed by atoms with Crippen molar-refractivity contribution >= 4 is 23.1 Å². The summed E-state index contributed by atoms with van der Waals surface area (Å²) in [7, 11) is 0. The number of benzene rings is 3. The summed E-state index contributed by atoms with van der Waals surface area (Å²) in [6.45, 7) is 1.56. The van der Waals surface area contributed by atoms with E-state index in [2.05, 4.69) is 15.2 Å². The quantitative estimate of drug-likeness (QED) is 0.0978. The number of nitrogens with one attached hydrogen (secondary N) is 1. The molecule has 0 radical (unpaired) electrons. The molecular weight excluding hydrogens is 505 g/mol. The van der Waals surface area contributed by atoms with Gasteiger partial charge in [0.2, 0.25) is 0 Å². The van der Waals surface area contributed by atoms with Crippen LogP contribution in [-0.4, -0.2) is 36.7 Å². The summed E-state index contributed by atoms with van der Waals surface area (Å²) in [6.07, 6.45) is -4.61. The minimum absolute atomic E-state index is 0.0377. The number of oxime groups is 1. The van der Waals surface area contributed by atoms with Crippen LogP contribution >= 0.6 is 0 Å². The summed E-state index contributed by atoms with van der Waals surface area (Å²) in [5.74, 6) is -0.376. The molecule has 0 unspecified atom stereocenters. The van der Waals surface area contributed by atoms with Crippen molar-refractivity contribution in [3.8, 4) is 16.8 Å². The number of non-ortho nitro benzene ring substituents is 1. The lowest BCUT2D eigenvalue weighted by Gasteiger charge is -2.12. The number of hydrogen-bond acceptors (Lipinski definition) is 7. The van der Waals surface area contributed by atoms with Crippen molar-refractivity contribution in [3.63, 3.8) is 0 Å². The first kappa shape index (κ1) is 26.0. The minimum Gasteiger partial charge on any atom is -0.410 e. The van der Waals surface area contributed by atoms with E-state index in [0.717, 1.165) is 12.1 Å². The topological polar surface area (TPSA) is 138 Å². The Kier molecular flexibility index (Phi) is 7.21. The Morgan fingerprint density at radius 1 is 1.05 bits per heavy atom. The zero-order valence-electron chi connectivity index (χ0n) is 19.6. The van der Waals surface area contributed by atoms with Crippen LogP contribution in [0.2, 0.25) is 0 Å². The van der Waals surface area contributed by atoms with Crippen molar-refractivity contribution < 1.29 is 28.5 Å². The van der Waals surface area contributed by atoms with Crippen LogP contribution in [0.4, 0.5) is 24.7 Å². The molecule has 4 aromatic rings. The van der Waals surface area contributed by atoms with E-state index in [1.54, 1.807) is 37.3 Å². The maximum Gasteiger partial charge on any atom is 0.416 e. The van der Waals surface area contributed by atoms with Gasteiger partial charge in [-0.25, -0.2) is 9.67 Å². The fourth-order valence-corrected chi connectivity index (χ4v) is 3.78. The molecule has 194 valence electrons. The van der Waals surface area contributed by atoms with E-state index in [0.29, 0.717) is 11.3 Å². The molecule has 4 rings (SSSR count). The van der Waals surface area contributed by atoms with Crippen LogP contribution in [0, 0.1) is 17.0 Å². The van der Waals surface area contributed by atoms with Crippen molar-refractivity contribution in [2.24, 2.45) is 10.1 Å². The van der Waals surface area contributed by atoms with E-state index in [9.17, 15) is 33.7 Å². The van der Waals surface area contributed by atoms with Crippen LogP contribution in [0.5, 0.6) is 0 Å². The van der Waals surface area contributed by atoms with Crippen LogP contribution in [0.3, 0.4) is 0 Å². The molecule has 0 aliphatic carbocycles. The summed E-state index contributed by atoms with van der Waals surface area (Å²) in [5, 5.41) is 38.3. The van der Waals surface area contributed by atoms with Gasteiger partial charge in [0.15, 0.2) is 17.4 Å². The smallest absolute Gasteiger partial charge is 0.410 e. The number of aromatic nitrogens is 2. The van der Waals surface area contributed by atoms with Gasteiger partial charge in [-0.3, -0.25) is 20.8 Å². The van der Waals surface area contributed by atoms with E-state index in [1.807, 2.05) is 5.48 Å². The summed E-state index contributed by atoms with van der Waals surface area (Å²) in [5.41, 5.74) is 1.89. The molecule has 13 heteroatoms. The molecule has 3 N–H and O–H groups in total. The Labute approximate surface area is 213 Å². The van der Waals surface area contributed by atoms with Gasteiger partial charge < -0.3 is 5.21 Å². The van der Waals surface area contributed by atoms with Crippen LogP contribution in [0.15, 0.2) is 89.0 Å². The van der Waals surface area contributed by atoms with E-state index < -0.39 is 16.7 Å². The number of nitro benzene ring substituents is 1. The largest absolute Gasteiger partial charge is 0.416 e. The molecule has 10 nitrogen and oxygen atoms in total. The summed E-state index contributed by atoms with van der Waals surface area (Å²) < 4.78 is 41.7. The lowest BCUT2D eigenvalue weighted by Crippen LogP contribution is -2.29. The van der Waals surface area contributed by atoms with Gasteiger partial charge in [0.1, 0.15) is 0 Å². The van der Waals surface area contributed by atoms with Crippen molar-refractivity contribution in [2.45, 2.75) is 13.1 Å². The highest BCUT2D eigenvalue weighted by Crippen LogP contribution is 2.39. The summed E-state index contributed by atoms with van der Waals surface area (Å²) in [6, 6.07) is 18.0. The maximum absolute atomic E-state index is 13.5. The van der Waals surface area contributed by atoms with Gasteiger partial charge in [-0.05, 0) is 36.8 Å². The number of rotatable bonds is 6. The van der Waals surface area contributed by atoms with Gasteiger partial charge >= 0.3 is 6.18 Å². The zero-order chi connectivity index (χ0) is 27.4. The number of aliphatic imine (C=N–C) groups is 1. The number of hydroxylamine groups is 1. The molecule has 0 amide bonds. The molecule has 1 aromatic heterocycles. The normalized spacial score (nSPS) is 12.4. The highest BCUT2D eigenvalue weighted by molar-refractivity contribution is 6.47. The predicted octanol–water partition coefficient (Wildman–Crippen LogP) is 5.66. The van der Waals surface area contributed by atoms with Gasteiger partial charge in [0.05, 0.1) is 21.9 Å². The molecular formula is C25H19F3N6O4. The Hall–Kier alpha value is -5.04. The van der Waals surface area contributed by atoms with E-state index in [-0.39, 0.29) is 39.9 Å². The van der Waals surface area contributed by atoms with Gasteiger partial charge in [-0.2, -0.15) is 18.3 Å². The van der Waals surface area contributed by atoms with Crippen LogP contribution in [0.25, 0.3) is 16.8 Å². The van der Waals surface area contributed by atoms with E-state index >= 15 is 0 Å². The van der Waals surface area contributed by atoms with Gasteiger partial charge in [-0.1, -0.05) is 47.6 Å². The first-order valence-corrected chi connectivity index (χ1v) is 10.9. The molecule has 1 heterocycles. The first-order chi connectivity index (χ1) is 18.1. The average Bonchev–Trinajstić information content (AvgIpc) is 3.24. The second-order valence-corrected chi connectivity index (χ2v) is 7.93. The van der Waals surface area contributed by atoms with Crippen molar-refractivity contribution in [1.82, 2.24) is 15.3 Å². The molecule has 0 atom stereocenters. The SMILES string of the molecule is Cc1nn(-c2ccc([N+](=O)[O-])cc2)c(N=C(NO)C(=NO)c2ccccc2)c1-c1cccc(C(F)(F)F)c1. The Bertz CT molecular complexity index is 1530. The minimum atomic E-state index is -4.61. The van der Waals surface area contributed by atoms with Crippen LogP contribution in [-0.2, 0) is 6.18 Å². The van der Waals surface area contributed by atoms with Crippen molar-refractivity contribution in [2.75, 3.05) is 0 Å². The van der Waals surface area contributed by atoms with E-state index in [1.165, 1.54) is 41.1 Å². The molecule has 0 saturated carbocycles. The van der Waals surface area contributed by atoms with Gasteiger partial charge in [-0.15, -0.1) is 0 Å². The maximum atomic E-state index is 13.5. The number of nitrogens with zero attached hydrogens (tertiary/aromatic N) is 5. The standard InChI is InChI=1S/C25H19F3N6O4/c1-15-21(17-8-5-9-18(14-17)25(26,27)28)24(33(30-15)19-10-12-20(13-11-19)34(37)38)29-23(32-36)22(31-35)16-6-3-2-4-7-16/h2-14,35-36H,1H3,(H,29,32). The summed E-state index contributed by atoms with van der Waals surface area (Å²) >= 11 is 0. The third kappa shape index (κ3) is 5.22. The monoisotopic (exact) mass is 524 g/mol. The number of alkyl halides is 3. The predicted molar refractivity (Wildman–Crippen MR) is 132 cm³/mol. The molecule has 0 bridgehead atoms. The third-order valence-electron chi connectivity index (χ3n) is 5.51. The second-order valence-electron chi connectivity index (χ2n) is 7.93. The third-order valence-corrected chi connectivity index (χ3v) is 5.51. The van der Waals surface area contributed by atoms with Crippen LogP contribution < -0.4 is 5.48 Å². The van der Waals surface area contributed by atoms with Crippen LogP contribution in [0.1, 0.15) is 16.8 Å². The molecule has 0 fully saturated rings. The average molecular weight is 524 g/mol. The number of amidine groups is 1. The Morgan fingerprint density at radius 3 is 2.32 bits per heavy atom. The second kappa shape index (κ2) is 10.5. The molecule has 0 saturated heterocycles. The molecule has 0 spiro atoms. The van der Waals surface area contributed by atoms with Gasteiger partial charge in [0, 0.05) is 23.3 Å². The number of aryl methyl sites for hydroxylation is 1. The first-order valence-electron chi connectivity index (χ1n) is 10.9. The zero-order valence-corrected chi connectivity index (χ0v) is 19.6. The number of hydrogen-bond donors (Lipinski definition) is 3. The Morgan fingerprint density at radius 2 is 1.74 bits per heavy atom. The number of halogens is 3. The lowest BCUT2D eigenvalue weighted by atomic mass is 10.0. The fraction of sp³-hybridized carbons (Fsp3) is 0.0800.